The van der Waals surface area contributed by atoms with Crippen molar-refractivity contribution in [1.82, 2.24) is 5.32 Å². The van der Waals surface area contributed by atoms with E-state index in [4.69, 9.17) is 9.47 Å². The van der Waals surface area contributed by atoms with Crippen molar-refractivity contribution in [3.8, 4) is 5.75 Å². The molecule has 0 radical (unpaired) electrons. The Morgan fingerprint density at radius 2 is 1.73 bits per heavy atom. The SMILES string of the molecule is CCOc1ccccc1CCC(=O)NCCCOCCc1ccccc1. The zero-order chi connectivity index (χ0) is 18.5. The third kappa shape index (κ3) is 7.70. The van der Waals surface area contributed by atoms with Gasteiger partial charge < -0.3 is 14.8 Å². The molecular weight excluding hydrogens is 326 g/mol. The number of nitrogens with one attached hydrogen (secondary N) is 1. The van der Waals surface area contributed by atoms with Gasteiger partial charge in [0.15, 0.2) is 0 Å². The zero-order valence-corrected chi connectivity index (χ0v) is 15.6. The van der Waals surface area contributed by atoms with E-state index in [1.165, 1.54) is 5.56 Å². The molecule has 4 nitrogen and oxygen atoms in total. The Bertz CT molecular complexity index is 643. The van der Waals surface area contributed by atoms with Gasteiger partial charge in [-0.05, 0) is 43.4 Å². The first kappa shape index (κ1) is 20.0. The summed E-state index contributed by atoms with van der Waals surface area (Å²) in [6.45, 7) is 4.63. The minimum atomic E-state index is 0.0700. The summed E-state index contributed by atoms with van der Waals surface area (Å²) < 4.78 is 11.2. The van der Waals surface area contributed by atoms with Gasteiger partial charge in [0.1, 0.15) is 5.75 Å². The van der Waals surface area contributed by atoms with Crippen LogP contribution in [-0.2, 0) is 22.4 Å². The molecule has 0 saturated carbocycles. The van der Waals surface area contributed by atoms with E-state index in [-0.39, 0.29) is 5.91 Å². The number of aryl methyl sites for hydroxylation is 1. The van der Waals surface area contributed by atoms with Gasteiger partial charge in [-0.3, -0.25) is 4.79 Å². The van der Waals surface area contributed by atoms with Crippen molar-refractivity contribution >= 4 is 5.91 Å². The molecule has 0 unspecified atom stereocenters. The number of hydrogen-bond acceptors (Lipinski definition) is 3. The maximum Gasteiger partial charge on any atom is 0.220 e. The second-order valence-corrected chi connectivity index (χ2v) is 6.09. The number of rotatable bonds is 12. The van der Waals surface area contributed by atoms with Gasteiger partial charge in [0.2, 0.25) is 5.91 Å². The lowest BCUT2D eigenvalue weighted by Crippen LogP contribution is -2.25. The van der Waals surface area contributed by atoms with Gasteiger partial charge in [-0.15, -0.1) is 0 Å². The van der Waals surface area contributed by atoms with E-state index in [1.807, 2.05) is 49.4 Å². The predicted molar refractivity (Wildman–Crippen MR) is 105 cm³/mol. The molecule has 0 bridgehead atoms. The fraction of sp³-hybridized carbons (Fsp3) is 0.409. The van der Waals surface area contributed by atoms with Gasteiger partial charge in [0.05, 0.1) is 13.2 Å². The molecule has 0 heterocycles. The molecule has 0 fully saturated rings. The first-order valence-electron chi connectivity index (χ1n) is 9.38. The highest BCUT2D eigenvalue weighted by Crippen LogP contribution is 2.19. The highest BCUT2D eigenvalue weighted by Gasteiger charge is 2.06. The summed E-state index contributed by atoms with van der Waals surface area (Å²) >= 11 is 0. The van der Waals surface area contributed by atoms with Crippen molar-refractivity contribution in [2.45, 2.75) is 32.6 Å². The summed E-state index contributed by atoms with van der Waals surface area (Å²) in [5, 5.41) is 2.95. The van der Waals surface area contributed by atoms with Gasteiger partial charge in [-0.1, -0.05) is 48.5 Å². The van der Waals surface area contributed by atoms with E-state index < -0.39 is 0 Å². The number of hydrogen-bond donors (Lipinski definition) is 1. The third-order valence-corrected chi connectivity index (χ3v) is 4.06. The second-order valence-electron chi connectivity index (χ2n) is 6.09. The number of carbonyl (C=O) groups is 1. The van der Waals surface area contributed by atoms with E-state index in [9.17, 15) is 4.79 Å². The lowest BCUT2D eigenvalue weighted by molar-refractivity contribution is -0.121. The lowest BCUT2D eigenvalue weighted by atomic mass is 10.1. The van der Waals surface area contributed by atoms with Crippen LogP contribution in [0, 0.1) is 0 Å². The largest absolute Gasteiger partial charge is 0.494 e. The summed E-state index contributed by atoms with van der Waals surface area (Å²) in [6.07, 6.45) is 2.91. The van der Waals surface area contributed by atoms with Crippen LogP contribution in [0.25, 0.3) is 0 Å². The molecule has 2 rings (SSSR count). The first-order valence-corrected chi connectivity index (χ1v) is 9.38. The molecule has 2 aromatic carbocycles. The van der Waals surface area contributed by atoms with Crippen LogP contribution in [0.5, 0.6) is 5.75 Å². The van der Waals surface area contributed by atoms with Crippen LogP contribution in [0.15, 0.2) is 54.6 Å². The molecule has 0 aromatic heterocycles. The van der Waals surface area contributed by atoms with E-state index in [0.717, 1.165) is 24.2 Å². The standard InChI is InChI=1S/C22H29NO3/c1-2-26-21-12-7-6-11-20(21)13-14-22(24)23-16-8-17-25-18-15-19-9-4-3-5-10-19/h3-7,9-12H,2,8,13-18H2,1H3,(H,23,24). The van der Waals surface area contributed by atoms with E-state index >= 15 is 0 Å². The number of para-hydroxylation sites is 1. The zero-order valence-electron chi connectivity index (χ0n) is 15.6. The van der Waals surface area contributed by atoms with Crippen molar-refractivity contribution in [3.05, 3.63) is 65.7 Å². The number of ether oxygens (including phenoxy) is 2. The lowest BCUT2D eigenvalue weighted by Gasteiger charge is -2.10. The van der Waals surface area contributed by atoms with Gasteiger partial charge in [-0.25, -0.2) is 0 Å². The summed E-state index contributed by atoms with van der Waals surface area (Å²) in [5.74, 6) is 0.940. The normalized spacial score (nSPS) is 10.5. The fourth-order valence-corrected chi connectivity index (χ4v) is 2.68. The van der Waals surface area contributed by atoms with Crippen LogP contribution in [0.3, 0.4) is 0 Å². The molecule has 1 amide bonds. The monoisotopic (exact) mass is 355 g/mol. The minimum absolute atomic E-state index is 0.0700. The predicted octanol–water partition coefficient (Wildman–Crippen LogP) is 3.78. The Labute approximate surface area is 156 Å². The highest BCUT2D eigenvalue weighted by atomic mass is 16.5. The Balaban J connectivity index is 1.52. The molecule has 140 valence electrons. The summed E-state index contributed by atoms with van der Waals surface area (Å²) in [4.78, 5) is 12.0. The summed E-state index contributed by atoms with van der Waals surface area (Å²) in [5.41, 5.74) is 2.36. The Kier molecular flexibility index (Phi) is 9.30. The molecular formula is C22H29NO3. The maximum atomic E-state index is 12.0. The molecule has 0 spiro atoms. The Morgan fingerprint density at radius 1 is 0.962 bits per heavy atom. The second kappa shape index (κ2) is 12.1. The Hall–Kier alpha value is -2.33. The molecule has 0 aliphatic rings. The van der Waals surface area contributed by atoms with Gasteiger partial charge in [0.25, 0.3) is 0 Å². The van der Waals surface area contributed by atoms with Gasteiger partial charge in [-0.2, -0.15) is 0 Å². The molecule has 2 aromatic rings. The molecule has 0 atom stereocenters. The van der Waals surface area contributed by atoms with Crippen LogP contribution < -0.4 is 10.1 Å². The van der Waals surface area contributed by atoms with Crippen molar-refractivity contribution in [2.24, 2.45) is 0 Å². The summed E-state index contributed by atoms with van der Waals surface area (Å²) in [6, 6.07) is 18.2. The van der Waals surface area contributed by atoms with Gasteiger partial charge in [0, 0.05) is 19.6 Å². The van der Waals surface area contributed by atoms with E-state index in [1.54, 1.807) is 0 Å². The molecule has 0 aliphatic carbocycles. The van der Waals surface area contributed by atoms with E-state index in [2.05, 4.69) is 17.4 Å². The highest BCUT2D eigenvalue weighted by molar-refractivity contribution is 5.76. The first-order chi connectivity index (χ1) is 12.8. The quantitative estimate of drug-likeness (QED) is 0.589. The Morgan fingerprint density at radius 3 is 2.54 bits per heavy atom. The molecule has 0 aliphatic heterocycles. The van der Waals surface area contributed by atoms with E-state index in [0.29, 0.717) is 39.2 Å². The maximum absolute atomic E-state index is 12.0. The molecule has 26 heavy (non-hydrogen) atoms. The van der Waals surface area contributed by atoms with Crippen LogP contribution in [-0.4, -0.2) is 32.3 Å². The summed E-state index contributed by atoms with van der Waals surface area (Å²) in [7, 11) is 0. The average Bonchev–Trinajstić information content (AvgIpc) is 2.67. The number of carbonyl (C=O) groups excluding carboxylic acids is 1. The third-order valence-electron chi connectivity index (χ3n) is 4.06. The van der Waals surface area contributed by atoms with Crippen LogP contribution in [0.2, 0.25) is 0 Å². The number of benzene rings is 2. The van der Waals surface area contributed by atoms with Crippen molar-refractivity contribution in [3.63, 3.8) is 0 Å². The molecule has 4 heteroatoms. The molecule has 0 saturated heterocycles. The van der Waals surface area contributed by atoms with Crippen LogP contribution in [0.1, 0.15) is 30.9 Å². The van der Waals surface area contributed by atoms with Crippen molar-refractivity contribution < 1.29 is 14.3 Å². The fourth-order valence-electron chi connectivity index (χ4n) is 2.68. The number of amides is 1. The molecule has 1 N–H and O–H groups in total. The van der Waals surface area contributed by atoms with Gasteiger partial charge >= 0.3 is 0 Å². The average molecular weight is 355 g/mol. The smallest absolute Gasteiger partial charge is 0.220 e. The van der Waals surface area contributed by atoms with Crippen LogP contribution >= 0.6 is 0 Å². The van der Waals surface area contributed by atoms with Crippen molar-refractivity contribution in [1.29, 1.82) is 0 Å². The minimum Gasteiger partial charge on any atom is -0.494 e. The van der Waals surface area contributed by atoms with Crippen molar-refractivity contribution in [2.75, 3.05) is 26.4 Å². The van der Waals surface area contributed by atoms with Crippen LogP contribution in [0.4, 0.5) is 0 Å². The topological polar surface area (TPSA) is 47.6 Å².